The van der Waals surface area contributed by atoms with Gasteiger partial charge in [0.05, 0.1) is 5.60 Å². The molecule has 4 bridgehead atoms. The summed E-state index contributed by atoms with van der Waals surface area (Å²) in [6.45, 7) is 0. The number of rotatable bonds is 4. The average Bonchev–Trinajstić information content (AvgIpc) is 2.22. The Balaban J connectivity index is 1.84. The normalized spacial score (nSPS) is 41.8. The lowest BCUT2D eigenvalue weighted by molar-refractivity contribution is -0.105. The molecule has 4 aliphatic carbocycles. The van der Waals surface area contributed by atoms with Crippen LogP contribution in [0.5, 0.6) is 0 Å². The van der Waals surface area contributed by atoms with Crippen molar-refractivity contribution >= 4 is 20.2 Å². The first kappa shape index (κ1) is 14.7. The Morgan fingerprint density at radius 1 is 1.00 bits per heavy atom. The van der Waals surface area contributed by atoms with Crippen LogP contribution in [0.2, 0.25) is 0 Å². The fourth-order valence-electron chi connectivity index (χ4n) is 4.56. The Labute approximate surface area is 117 Å². The van der Waals surface area contributed by atoms with E-state index in [0.29, 0.717) is 37.0 Å². The standard InChI is InChI=1S/C11H17FO6S2/c12-10(19(13,14)15)20(16,17)18-11-4-7-1-8(5-11)3-9(2-7)6-11/h7-10H,1-6H2,(H,13,14,15)/p-1. The van der Waals surface area contributed by atoms with Crippen LogP contribution < -0.4 is 0 Å². The van der Waals surface area contributed by atoms with Gasteiger partial charge < -0.3 is 4.55 Å². The maximum Gasteiger partial charge on any atom is 0.314 e. The van der Waals surface area contributed by atoms with Crippen LogP contribution in [0.1, 0.15) is 38.5 Å². The molecule has 0 radical (unpaired) electrons. The van der Waals surface area contributed by atoms with Gasteiger partial charge in [0, 0.05) is 0 Å². The molecule has 0 heterocycles. The van der Waals surface area contributed by atoms with Crippen LogP contribution in [-0.4, -0.2) is 31.8 Å². The van der Waals surface area contributed by atoms with Crippen molar-refractivity contribution in [2.75, 3.05) is 0 Å². The molecule has 0 aromatic heterocycles. The van der Waals surface area contributed by atoms with Crippen LogP contribution >= 0.6 is 0 Å². The van der Waals surface area contributed by atoms with Gasteiger partial charge in [0.25, 0.3) is 0 Å². The maximum absolute atomic E-state index is 13.4. The van der Waals surface area contributed by atoms with Gasteiger partial charge in [-0.2, -0.15) is 8.42 Å². The van der Waals surface area contributed by atoms with Crippen molar-refractivity contribution in [2.24, 2.45) is 17.8 Å². The van der Waals surface area contributed by atoms with Crippen LogP contribution in [0.15, 0.2) is 0 Å². The third-order valence-corrected chi connectivity index (χ3v) is 7.64. The Morgan fingerprint density at radius 3 is 1.75 bits per heavy atom. The third kappa shape index (κ3) is 2.49. The Kier molecular flexibility index (Phi) is 3.21. The van der Waals surface area contributed by atoms with Crippen LogP contribution in [0.4, 0.5) is 4.39 Å². The molecule has 4 aliphatic rings. The predicted octanol–water partition coefficient (Wildman–Crippen LogP) is 1.10. The highest BCUT2D eigenvalue weighted by Gasteiger charge is 2.54. The smallest absolute Gasteiger partial charge is 0.314 e. The minimum Gasteiger partial charge on any atom is -0.745 e. The summed E-state index contributed by atoms with van der Waals surface area (Å²) < 4.78 is 73.4. The zero-order valence-electron chi connectivity index (χ0n) is 10.7. The van der Waals surface area contributed by atoms with Crippen molar-refractivity contribution in [3.05, 3.63) is 0 Å². The maximum atomic E-state index is 13.4. The molecule has 0 aromatic carbocycles. The predicted molar refractivity (Wildman–Crippen MR) is 65.5 cm³/mol. The van der Waals surface area contributed by atoms with Crippen LogP contribution in [0, 0.1) is 17.8 Å². The summed E-state index contributed by atoms with van der Waals surface area (Å²) in [7, 11) is -10.6. The van der Waals surface area contributed by atoms with Crippen molar-refractivity contribution in [3.63, 3.8) is 0 Å². The summed E-state index contributed by atoms with van der Waals surface area (Å²) >= 11 is 0. The second-order valence-electron chi connectivity index (χ2n) is 6.44. The number of alkyl halides is 1. The fraction of sp³-hybridized carbons (Fsp3) is 1.00. The van der Waals surface area contributed by atoms with Crippen molar-refractivity contribution in [1.29, 1.82) is 0 Å². The van der Waals surface area contributed by atoms with E-state index in [1.54, 1.807) is 0 Å². The number of hydrogen-bond acceptors (Lipinski definition) is 6. The Morgan fingerprint density at radius 2 is 1.40 bits per heavy atom. The SMILES string of the molecule is O=S(=O)([O-])C(F)S(=O)(=O)OC12CC3CC(CC(C3)C1)C2. The summed E-state index contributed by atoms with van der Waals surface area (Å²) in [6.07, 6.45) is 4.60. The molecular formula is C11H16FO6S2-. The molecule has 4 rings (SSSR count). The molecule has 116 valence electrons. The van der Waals surface area contributed by atoms with E-state index in [0.717, 1.165) is 19.3 Å². The first-order valence-corrected chi connectivity index (χ1v) is 9.57. The van der Waals surface area contributed by atoms with Crippen molar-refractivity contribution < 1.29 is 30.0 Å². The lowest BCUT2D eigenvalue weighted by Crippen LogP contribution is -2.53. The van der Waals surface area contributed by atoms with Gasteiger partial charge in [-0.25, -0.2) is 12.8 Å². The molecule has 0 amide bonds. The molecule has 0 saturated heterocycles. The number of halogens is 1. The van der Waals surface area contributed by atoms with Crippen LogP contribution in [0.25, 0.3) is 0 Å². The fourth-order valence-corrected chi connectivity index (χ4v) is 6.61. The van der Waals surface area contributed by atoms with Gasteiger partial charge in [0.15, 0.2) is 0 Å². The minimum atomic E-state index is -5.57. The molecule has 0 N–H and O–H groups in total. The average molecular weight is 327 g/mol. The quantitative estimate of drug-likeness (QED) is 0.566. The Bertz CT molecular complexity index is 576. The zero-order chi connectivity index (χ0) is 14.8. The Hall–Kier alpha value is -0.250. The van der Waals surface area contributed by atoms with Crippen molar-refractivity contribution in [2.45, 2.75) is 49.0 Å². The first-order chi connectivity index (χ1) is 9.10. The second kappa shape index (κ2) is 4.37. The van der Waals surface area contributed by atoms with Crippen molar-refractivity contribution in [1.82, 2.24) is 0 Å². The van der Waals surface area contributed by atoms with Crippen LogP contribution in [-0.2, 0) is 24.4 Å². The molecule has 1 atom stereocenters. The lowest BCUT2D eigenvalue weighted by atomic mass is 9.54. The van der Waals surface area contributed by atoms with E-state index in [1.165, 1.54) is 0 Å². The summed E-state index contributed by atoms with van der Waals surface area (Å²) in [6, 6.07) is 0. The zero-order valence-corrected chi connectivity index (χ0v) is 12.3. The highest BCUT2D eigenvalue weighted by Crippen LogP contribution is 2.57. The van der Waals surface area contributed by atoms with Gasteiger partial charge in [-0.05, 0) is 56.3 Å². The van der Waals surface area contributed by atoms with Gasteiger partial charge in [0.1, 0.15) is 10.1 Å². The largest absolute Gasteiger partial charge is 0.745 e. The molecule has 4 fully saturated rings. The summed E-state index contributed by atoms with van der Waals surface area (Å²) in [5.41, 5.74) is -0.997. The topological polar surface area (TPSA) is 101 Å². The van der Waals surface area contributed by atoms with E-state index in [1.807, 2.05) is 0 Å². The van der Waals surface area contributed by atoms with E-state index in [-0.39, 0.29) is 0 Å². The molecule has 4 saturated carbocycles. The monoisotopic (exact) mass is 327 g/mol. The number of hydrogen-bond donors (Lipinski definition) is 0. The highest BCUT2D eigenvalue weighted by atomic mass is 32.3. The van der Waals surface area contributed by atoms with Crippen LogP contribution in [0.3, 0.4) is 0 Å². The minimum absolute atomic E-state index is 0.360. The molecular weight excluding hydrogens is 311 g/mol. The lowest BCUT2D eigenvalue weighted by Gasteiger charge is -2.55. The van der Waals surface area contributed by atoms with Gasteiger partial charge >= 0.3 is 15.0 Å². The van der Waals surface area contributed by atoms with Gasteiger partial charge in [-0.1, -0.05) is 0 Å². The third-order valence-electron chi connectivity index (χ3n) is 4.73. The molecule has 0 spiro atoms. The molecule has 9 heteroatoms. The van der Waals surface area contributed by atoms with Gasteiger partial charge in [-0.15, -0.1) is 0 Å². The summed E-state index contributed by atoms with van der Waals surface area (Å²) in [4.78, 5) is -3.54. The molecule has 0 aromatic rings. The van der Waals surface area contributed by atoms with E-state index in [4.69, 9.17) is 4.18 Å². The van der Waals surface area contributed by atoms with E-state index < -0.39 is 30.7 Å². The van der Waals surface area contributed by atoms with E-state index >= 15 is 0 Å². The van der Waals surface area contributed by atoms with Crippen molar-refractivity contribution in [3.8, 4) is 0 Å². The highest BCUT2D eigenvalue weighted by molar-refractivity contribution is 8.04. The van der Waals surface area contributed by atoms with E-state index in [9.17, 15) is 25.8 Å². The van der Waals surface area contributed by atoms with Gasteiger partial charge in [-0.3, -0.25) is 4.18 Å². The molecule has 0 aliphatic heterocycles. The molecule has 20 heavy (non-hydrogen) atoms. The van der Waals surface area contributed by atoms with Gasteiger partial charge in [0.2, 0.25) is 0 Å². The molecule has 1 unspecified atom stereocenters. The second-order valence-corrected chi connectivity index (χ2v) is 9.71. The molecule has 6 nitrogen and oxygen atoms in total. The van der Waals surface area contributed by atoms with E-state index in [2.05, 4.69) is 0 Å². The summed E-state index contributed by atoms with van der Waals surface area (Å²) in [5.74, 6) is 1.08. The first-order valence-electron chi connectivity index (χ1n) is 6.63. The summed E-state index contributed by atoms with van der Waals surface area (Å²) in [5, 5.41) is 0.